The summed E-state index contributed by atoms with van der Waals surface area (Å²) in [5, 5.41) is 6.93. The van der Waals surface area contributed by atoms with Crippen molar-refractivity contribution in [1.82, 2.24) is 10.6 Å². The van der Waals surface area contributed by atoms with Gasteiger partial charge in [0, 0.05) is 13.1 Å². The number of rotatable bonds is 0. The van der Waals surface area contributed by atoms with Crippen LogP contribution in [0.3, 0.4) is 0 Å². The fraction of sp³-hybridized carbons (Fsp3) is 0.462. The minimum Gasteiger partial charge on any atom is -0.349 e. The fourth-order valence-corrected chi connectivity index (χ4v) is 3.07. The smallest absolute Gasteiger partial charge is 0.256 e. The van der Waals surface area contributed by atoms with Gasteiger partial charge in [0.25, 0.3) is 5.91 Å². The molecule has 0 saturated carbocycles. The highest BCUT2D eigenvalue weighted by molar-refractivity contribution is 6.35. The number of halogens is 1. The van der Waals surface area contributed by atoms with E-state index in [9.17, 15) is 4.79 Å². The van der Waals surface area contributed by atoms with Gasteiger partial charge >= 0.3 is 0 Å². The van der Waals surface area contributed by atoms with Crippen molar-refractivity contribution in [2.45, 2.75) is 19.5 Å². The Kier molecular flexibility index (Phi) is 2.92. The Labute approximate surface area is 111 Å². The summed E-state index contributed by atoms with van der Waals surface area (Å²) in [5.74, 6) is -0.0573. The highest BCUT2D eigenvalue weighted by atomic mass is 35.5. The monoisotopic (exact) mass is 265 g/mol. The van der Waals surface area contributed by atoms with Crippen LogP contribution in [0.15, 0.2) is 12.1 Å². The number of benzene rings is 1. The Morgan fingerprint density at radius 1 is 1.39 bits per heavy atom. The molecule has 2 N–H and O–H groups in total. The van der Waals surface area contributed by atoms with Crippen molar-refractivity contribution in [2.24, 2.45) is 0 Å². The number of carbonyl (C=O) groups is 1. The second-order valence-corrected chi connectivity index (χ2v) is 5.27. The molecule has 2 aliphatic rings. The minimum atomic E-state index is -0.0573. The third-order valence-corrected chi connectivity index (χ3v) is 3.85. The van der Waals surface area contributed by atoms with E-state index in [2.05, 4.69) is 21.6 Å². The summed E-state index contributed by atoms with van der Waals surface area (Å²) in [6, 6.07) is 3.90. The molecule has 1 fully saturated rings. The largest absolute Gasteiger partial charge is 0.349 e. The maximum absolute atomic E-state index is 12.1. The van der Waals surface area contributed by atoms with E-state index in [0.29, 0.717) is 10.6 Å². The molecular weight excluding hydrogens is 250 g/mol. The van der Waals surface area contributed by atoms with Crippen molar-refractivity contribution in [1.29, 1.82) is 0 Å². The molecule has 0 aliphatic carbocycles. The highest BCUT2D eigenvalue weighted by Gasteiger charge is 2.32. The van der Waals surface area contributed by atoms with E-state index in [4.69, 9.17) is 11.6 Å². The zero-order valence-corrected chi connectivity index (χ0v) is 11.0. The molecule has 1 aromatic carbocycles. The Hall–Kier alpha value is -1.26. The van der Waals surface area contributed by atoms with Gasteiger partial charge < -0.3 is 15.5 Å². The molecule has 0 unspecified atom stereocenters. The van der Waals surface area contributed by atoms with Gasteiger partial charge in [0.1, 0.15) is 6.17 Å². The lowest BCUT2D eigenvalue weighted by Crippen LogP contribution is -2.53. The molecule has 1 amide bonds. The van der Waals surface area contributed by atoms with Gasteiger partial charge in [-0.3, -0.25) is 4.79 Å². The van der Waals surface area contributed by atoms with Crippen molar-refractivity contribution in [2.75, 3.05) is 24.5 Å². The summed E-state index contributed by atoms with van der Waals surface area (Å²) < 4.78 is 0. The van der Waals surface area contributed by atoms with Crippen LogP contribution < -0.4 is 15.5 Å². The number of nitrogens with zero attached hydrogens (tertiary/aromatic N) is 1. The number of amides is 1. The molecular formula is C13H16ClN3O. The fourth-order valence-electron chi connectivity index (χ4n) is 2.71. The van der Waals surface area contributed by atoms with E-state index in [1.54, 1.807) is 0 Å². The Morgan fingerprint density at radius 2 is 2.22 bits per heavy atom. The minimum absolute atomic E-state index is 0.0573. The Bertz CT molecular complexity index is 503. The molecule has 96 valence electrons. The van der Waals surface area contributed by atoms with Gasteiger partial charge in [-0.15, -0.1) is 0 Å². The molecule has 0 radical (unpaired) electrons. The van der Waals surface area contributed by atoms with Crippen molar-refractivity contribution in [3.05, 3.63) is 28.3 Å². The van der Waals surface area contributed by atoms with Crippen molar-refractivity contribution >= 4 is 23.2 Å². The lowest BCUT2D eigenvalue weighted by atomic mass is 10.0. The molecule has 2 aliphatic heterocycles. The van der Waals surface area contributed by atoms with E-state index in [0.717, 1.165) is 37.3 Å². The average molecular weight is 266 g/mol. The second-order valence-electron chi connectivity index (χ2n) is 4.86. The van der Waals surface area contributed by atoms with Gasteiger partial charge in [-0.1, -0.05) is 11.6 Å². The van der Waals surface area contributed by atoms with E-state index in [1.165, 1.54) is 0 Å². The van der Waals surface area contributed by atoms with Gasteiger partial charge in [0.05, 0.1) is 16.3 Å². The van der Waals surface area contributed by atoms with Crippen LogP contribution >= 0.6 is 11.6 Å². The molecule has 18 heavy (non-hydrogen) atoms. The van der Waals surface area contributed by atoms with Crippen LogP contribution in [-0.2, 0) is 0 Å². The first-order valence-electron chi connectivity index (χ1n) is 6.25. The average Bonchev–Trinajstić information content (AvgIpc) is 2.53. The summed E-state index contributed by atoms with van der Waals surface area (Å²) in [5.41, 5.74) is 2.67. The van der Waals surface area contributed by atoms with Gasteiger partial charge in [0.15, 0.2) is 0 Å². The van der Waals surface area contributed by atoms with E-state index >= 15 is 0 Å². The van der Waals surface area contributed by atoms with E-state index in [-0.39, 0.29) is 12.1 Å². The van der Waals surface area contributed by atoms with Gasteiger partial charge in [-0.25, -0.2) is 0 Å². The lowest BCUT2D eigenvalue weighted by molar-refractivity contribution is 0.0926. The third kappa shape index (κ3) is 1.85. The zero-order valence-electron chi connectivity index (χ0n) is 10.3. The standard InChI is InChI=1S/C13H16ClN3O/c1-8-6-9(14)12-10(7-8)17-5-4-15-3-2-11(17)16-13(12)18/h6-7,11,15H,2-5H2,1H3,(H,16,18)/t11-/m1/s1. The molecule has 0 aromatic heterocycles. The first-order chi connectivity index (χ1) is 8.66. The molecule has 1 saturated heterocycles. The normalized spacial score (nSPS) is 22.9. The van der Waals surface area contributed by atoms with E-state index < -0.39 is 0 Å². The molecule has 4 nitrogen and oxygen atoms in total. The Balaban J connectivity index is 2.12. The number of aryl methyl sites for hydroxylation is 1. The number of nitrogens with one attached hydrogen (secondary N) is 2. The van der Waals surface area contributed by atoms with E-state index in [1.807, 2.05) is 13.0 Å². The summed E-state index contributed by atoms with van der Waals surface area (Å²) in [6.45, 7) is 4.75. The summed E-state index contributed by atoms with van der Waals surface area (Å²) in [4.78, 5) is 14.4. The van der Waals surface area contributed by atoms with Gasteiger partial charge in [0.2, 0.25) is 0 Å². The molecule has 1 aromatic rings. The first-order valence-corrected chi connectivity index (χ1v) is 6.63. The zero-order chi connectivity index (χ0) is 12.7. The number of carbonyl (C=O) groups excluding carboxylic acids is 1. The SMILES string of the molecule is Cc1cc(Cl)c2c(c1)N1CCNCC[C@@H]1NC2=O. The summed E-state index contributed by atoms with van der Waals surface area (Å²) in [6.07, 6.45) is 0.995. The van der Waals surface area contributed by atoms with Crippen LogP contribution in [0.1, 0.15) is 22.3 Å². The molecule has 3 rings (SSSR count). The predicted octanol–water partition coefficient (Wildman–Crippen LogP) is 1.52. The number of anilines is 1. The van der Waals surface area contributed by atoms with Crippen molar-refractivity contribution in [3.63, 3.8) is 0 Å². The van der Waals surface area contributed by atoms with Crippen LogP contribution in [0.5, 0.6) is 0 Å². The summed E-state index contributed by atoms with van der Waals surface area (Å²) in [7, 11) is 0. The maximum atomic E-state index is 12.1. The predicted molar refractivity (Wildman–Crippen MR) is 72.3 cm³/mol. The number of fused-ring (bicyclic) bond motifs is 3. The van der Waals surface area contributed by atoms with Crippen LogP contribution in [0, 0.1) is 6.92 Å². The second kappa shape index (κ2) is 4.44. The quantitative estimate of drug-likeness (QED) is 0.748. The lowest BCUT2D eigenvalue weighted by Gasteiger charge is -2.38. The van der Waals surface area contributed by atoms with Crippen molar-refractivity contribution < 1.29 is 4.79 Å². The van der Waals surface area contributed by atoms with Crippen molar-refractivity contribution in [3.8, 4) is 0 Å². The summed E-state index contributed by atoms with van der Waals surface area (Å²) >= 11 is 6.21. The van der Waals surface area contributed by atoms with Crippen LogP contribution in [0.25, 0.3) is 0 Å². The Morgan fingerprint density at radius 3 is 3.06 bits per heavy atom. The molecule has 2 heterocycles. The number of hydrogen-bond acceptors (Lipinski definition) is 3. The third-order valence-electron chi connectivity index (χ3n) is 3.55. The molecule has 0 spiro atoms. The van der Waals surface area contributed by atoms with Crippen LogP contribution in [0.2, 0.25) is 5.02 Å². The van der Waals surface area contributed by atoms with Crippen LogP contribution in [-0.4, -0.2) is 31.7 Å². The van der Waals surface area contributed by atoms with Gasteiger partial charge in [-0.2, -0.15) is 0 Å². The van der Waals surface area contributed by atoms with Crippen LogP contribution in [0.4, 0.5) is 5.69 Å². The highest BCUT2D eigenvalue weighted by Crippen LogP contribution is 2.33. The molecule has 5 heteroatoms. The maximum Gasteiger partial charge on any atom is 0.256 e. The first kappa shape index (κ1) is 11.8. The number of hydrogen-bond donors (Lipinski definition) is 2. The molecule has 0 bridgehead atoms. The van der Waals surface area contributed by atoms with Gasteiger partial charge in [-0.05, 0) is 37.6 Å². The molecule has 1 atom stereocenters. The topological polar surface area (TPSA) is 44.4 Å².